The molecule has 0 fully saturated rings. The van der Waals surface area contributed by atoms with E-state index in [1.807, 2.05) is 0 Å². The van der Waals surface area contributed by atoms with E-state index in [2.05, 4.69) is 92.4 Å². The summed E-state index contributed by atoms with van der Waals surface area (Å²) in [6, 6.07) is 27.7. The molecule has 0 amide bonds. The van der Waals surface area contributed by atoms with E-state index >= 15 is 0 Å². The van der Waals surface area contributed by atoms with Crippen LogP contribution in [0, 0.1) is 6.92 Å². The summed E-state index contributed by atoms with van der Waals surface area (Å²) < 4.78 is 0. The highest BCUT2D eigenvalue weighted by Crippen LogP contribution is 2.34. The molecule has 0 aliphatic heterocycles. The number of hydrogen-bond acceptors (Lipinski definition) is 1. The molecule has 0 atom stereocenters. The Labute approximate surface area is 149 Å². The molecule has 3 aromatic rings. The normalized spacial score (nSPS) is 9.68. The van der Waals surface area contributed by atoms with E-state index in [0.29, 0.717) is 0 Å². The molecule has 2 nitrogen and oxygen atoms in total. The third-order valence-electron chi connectivity index (χ3n) is 3.79. The van der Waals surface area contributed by atoms with Crippen LogP contribution in [-0.2, 0) is 4.79 Å². The third kappa shape index (κ3) is 4.92. The van der Waals surface area contributed by atoms with Crippen molar-refractivity contribution in [2.75, 3.05) is 0 Å². The summed E-state index contributed by atoms with van der Waals surface area (Å²) in [4.78, 5) is 9.60. The van der Waals surface area contributed by atoms with Gasteiger partial charge in [-0.2, -0.15) is 0 Å². The first-order chi connectivity index (χ1) is 12.0. The van der Waals surface area contributed by atoms with Crippen LogP contribution in [0.25, 0.3) is 22.3 Å². The first-order valence-corrected chi connectivity index (χ1v) is 8.10. The molecule has 2 heteroatoms. The average Bonchev–Trinajstić information content (AvgIpc) is 2.63. The largest absolute Gasteiger partial charge is 0.478 e. The lowest BCUT2D eigenvalue weighted by Crippen LogP contribution is -1.92. The lowest BCUT2D eigenvalue weighted by molar-refractivity contribution is -0.132. The van der Waals surface area contributed by atoms with Crippen molar-refractivity contribution >= 4 is 5.97 Å². The van der Waals surface area contributed by atoms with E-state index in [9.17, 15) is 4.79 Å². The van der Waals surface area contributed by atoms with Crippen molar-refractivity contribution in [3.05, 3.63) is 96.6 Å². The Morgan fingerprint density at radius 1 is 0.800 bits per heavy atom. The van der Waals surface area contributed by atoms with E-state index in [0.717, 1.165) is 0 Å². The molecule has 3 aromatic carbocycles. The SMILES string of the molecule is C=C(C)C(=O)O.Cc1cccc(-c2ccccc2)c1-c1ccccc1. The summed E-state index contributed by atoms with van der Waals surface area (Å²) >= 11 is 0. The van der Waals surface area contributed by atoms with Gasteiger partial charge in [-0.15, -0.1) is 0 Å². The highest BCUT2D eigenvalue weighted by molar-refractivity contribution is 5.85. The van der Waals surface area contributed by atoms with E-state index in [1.54, 1.807) is 0 Å². The molecule has 0 aliphatic rings. The Morgan fingerprint density at radius 2 is 1.28 bits per heavy atom. The van der Waals surface area contributed by atoms with Gasteiger partial charge in [-0.25, -0.2) is 4.79 Å². The standard InChI is InChI=1S/C19H16.C4H6O2/c1-15-9-8-14-18(16-10-4-2-5-11-16)19(15)17-12-6-3-7-13-17;1-3(2)4(5)6/h2-14H,1H3;1H2,2H3,(H,5,6). The molecule has 0 spiro atoms. The molecule has 126 valence electrons. The molecule has 0 aliphatic carbocycles. The monoisotopic (exact) mass is 330 g/mol. The molecule has 0 heterocycles. The molecule has 0 saturated carbocycles. The average molecular weight is 330 g/mol. The lowest BCUT2D eigenvalue weighted by atomic mass is 9.91. The van der Waals surface area contributed by atoms with Crippen molar-refractivity contribution in [1.29, 1.82) is 0 Å². The zero-order valence-corrected chi connectivity index (χ0v) is 14.6. The number of benzene rings is 3. The quantitative estimate of drug-likeness (QED) is 0.600. The molecular formula is C23H22O2. The van der Waals surface area contributed by atoms with Crippen LogP contribution >= 0.6 is 0 Å². The van der Waals surface area contributed by atoms with Crippen LogP contribution in [0.5, 0.6) is 0 Å². The van der Waals surface area contributed by atoms with Crippen LogP contribution in [0.4, 0.5) is 0 Å². The minimum absolute atomic E-state index is 0.176. The van der Waals surface area contributed by atoms with Gasteiger partial charge in [-0.3, -0.25) is 0 Å². The van der Waals surface area contributed by atoms with Crippen molar-refractivity contribution in [2.45, 2.75) is 13.8 Å². The maximum atomic E-state index is 9.60. The van der Waals surface area contributed by atoms with Crippen LogP contribution in [0.15, 0.2) is 91.0 Å². The molecule has 25 heavy (non-hydrogen) atoms. The fourth-order valence-electron chi connectivity index (χ4n) is 2.51. The van der Waals surface area contributed by atoms with Gasteiger partial charge in [0, 0.05) is 5.57 Å². The van der Waals surface area contributed by atoms with Crippen LogP contribution in [0.2, 0.25) is 0 Å². The topological polar surface area (TPSA) is 37.3 Å². The van der Waals surface area contributed by atoms with Gasteiger partial charge in [-0.05, 0) is 41.7 Å². The zero-order valence-electron chi connectivity index (χ0n) is 14.6. The van der Waals surface area contributed by atoms with Crippen molar-refractivity contribution < 1.29 is 9.90 Å². The van der Waals surface area contributed by atoms with Gasteiger partial charge in [0.1, 0.15) is 0 Å². The van der Waals surface area contributed by atoms with E-state index in [1.165, 1.54) is 34.7 Å². The highest BCUT2D eigenvalue weighted by Gasteiger charge is 2.09. The van der Waals surface area contributed by atoms with Crippen molar-refractivity contribution in [2.24, 2.45) is 0 Å². The summed E-state index contributed by atoms with van der Waals surface area (Å²) in [6.45, 7) is 6.78. The zero-order chi connectivity index (χ0) is 18.2. The van der Waals surface area contributed by atoms with Crippen molar-refractivity contribution in [3.63, 3.8) is 0 Å². The van der Waals surface area contributed by atoms with Gasteiger partial charge >= 0.3 is 5.97 Å². The van der Waals surface area contributed by atoms with Gasteiger partial charge in [0.2, 0.25) is 0 Å². The minimum atomic E-state index is -0.935. The van der Waals surface area contributed by atoms with E-state index in [-0.39, 0.29) is 5.57 Å². The molecule has 0 radical (unpaired) electrons. The summed E-state index contributed by atoms with van der Waals surface area (Å²) in [6.07, 6.45) is 0. The number of carboxylic acids is 1. The summed E-state index contributed by atoms with van der Waals surface area (Å²) in [5.74, 6) is -0.935. The van der Waals surface area contributed by atoms with E-state index < -0.39 is 5.97 Å². The number of rotatable bonds is 3. The summed E-state index contributed by atoms with van der Waals surface area (Å²) in [5.41, 5.74) is 6.66. The molecule has 0 bridgehead atoms. The van der Waals surface area contributed by atoms with Gasteiger partial charge in [0.15, 0.2) is 0 Å². The second-order valence-corrected chi connectivity index (χ2v) is 5.82. The van der Waals surface area contributed by atoms with Crippen molar-refractivity contribution in [3.8, 4) is 22.3 Å². The van der Waals surface area contributed by atoms with Gasteiger partial charge in [0.25, 0.3) is 0 Å². The van der Waals surface area contributed by atoms with Gasteiger partial charge in [-0.1, -0.05) is 85.4 Å². The first kappa shape index (κ1) is 18.2. The van der Waals surface area contributed by atoms with Crippen LogP contribution in [0.1, 0.15) is 12.5 Å². The van der Waals surface area contributed by atoms with Crippen molar-refractivity contribution in [1.82, 2.24) is 0 Å². The third-order valence-corrected chi connectivity index (χ3v) is 3.79. The maximum absolute atomic E-state index is 9.60. The van der Waals surface area contributed by atoms with Crippen LogP contribution in [0.3, 0.4) is 0 Å². The Kier molecular flexibility index (Phi) is 6.30. The molecule has 3 rings (SSSR count). The summed E-state index contributed by atoms with van der Waals surface area (Å²) in [5, 5.41) is 7.89. The predicted molar refractivity (Wildman–Crippen MR) is 105 cm³/mol. The Hall–Kier alpha value is -3.13. The van der Waals surface area contributed by atoms with Crippen LogP contribution < -0.4 is 0 Å². The molecule has 0 aromatic heterocycles. The Balaban J connectivity index is 0.000000326. The smallest absolute Gasteiger partial charge is 0.330 e. The predicted octanol–water partition coefficient (Wildman–Crippen LogP) is 5.98. The fraction of sp³-hybridized carbons (Fsp3) is 0.0870. The number of hydrogen-bond donors (Lipinski definition) is 1. The number of aryl methyl sites for hydroxylation is 1. The summed E-state index contributed by atoms with van der Waals surface area (Å²) in [7, 11) is 0. The Bertz CT molecular complexity index is 838. The van der Waals surface area contributed by atoms with Crippen LogP contribution in [-0.4, -0.2) is 11.1 Å². The number of carbonyl (C=O) groups is 1. The second-order valence-electron chi connectivity index (χ2n) is 5.82. The lowest BCUT2D eigenvalue weighted by Gasteiger charge is -2.13. The molecular weight excluding hydrogens is 308 g/mol. The molecule has 0 saturated heterocycles. The molecule has 1 N–H and O–H groups in total. The van der Waals surface area contributed by atoms with Gasteiger partial charge in [0.05, 0.1) is 0 Å². The maximum Gasteiger partial charge on any atom is 0.330 e. The number of carboxylic acid groups (broad SMARTS) is 1. The second kappa shape index (κ2) is 8.65. The van der Waals surface area contributed by atoms with E-state index in [4.69, 9.17) is 5.11 Å². The first-order valence-electron chi connectivity index (χ1n) is 8.10. The Morgan fingerprint density at radius 3 is 1.76 bits per heavy atom. The fourth-order valence-corrected chi connectivity index (χ4v) is 2.51. The minimum Gasteiger partial charge on any atom is -0.478 e. The molecule has 0 unspecified atom stereocenters. The number of aliphatic carboxylic acids is 1. The highest BCUT2D eigenvalue weighted by atomic mass is 16.4. The van der Waals surface area contributed by atoms with Gasteiger partial charge < -0.3 is 5.11 Å².